The number of alkyl halides is 2. The standard InChI is InChI=1S/C26H30BClF2N5O5S/c28-23-13-19(26(29,30)18-5-11-40-12-6-18)14-24(31-23)33-7-9-34(10-8-33)41(38,39)22-3-1-21(2-4-22)35-16-20(15-25(35)37)32-27-17-36/h1-4,13-14,17-18,20,32H,5-12,15-16H2. The molecule has 0 bridgehead atoms. The maximum atomic E-state index is 15.3. The number of benzene rings is 1. The van der Waals surface area contributed by atoms with E-state index in [1.165, 1.54) is 36.0 Å². The molecule has 1 aromatic carbocycles. The summed E-state index contributed by atoms with van der Waals surface area (Å²) in [5.41, 5.74) is 0.365. The first-order valence-electron chi connectivity index (χ1n) is 13.4. The molecule has 4 heterocycles. The van der Waals surface area contributed by atoms with Gasteiger partial charge in [0.25, 0.3) is 13.3 Å². The van der Waals surface area contributed by atoms with E-state index in [4.69, 9.17) is 16.3 Å². The molecule has 0 spiro atoms. The van der Waals surface area contributed by atoms with Crippen molar-refractivity contribution in [2.45, 2.75) is 36.1 Å². The molecule has 1 radical (unpaired) electrons. The molecular weight excluding hydrogens is 579 g/mol. The molecule has 3 aliphatic heterocycles. The highest BCUT2D eigenvalue weighted by Crippen LogP contribution is 2.42. The topological polar surface area (TPSA) is 112 Å². The highest BCUT2D eigenvalue weighted by Gasteiger charge is 2.43. The molecule has 15 heteroatoms. The number of sulfonamides is 1. The minimum atomic E-state index is -3.83. The summed E-state index contributed by atoms with van der Waals surface area (Å²) >= 11 is 6.15. The maximum Gasteiger partial charge on any atom is 0.290 e. The summed E-state index contributed by atoms with van der Waals surface area (Å²) in [4.78, 5) is 30.6. The number of carbonyl (C=O) groups excluding carboxylic acids is 2. The van der Waals surface area contributed by atoms with Crippen molar-refractivity contribution < 1.29 is 31.5 Å². The van der Waals surface area contributed by atoms with Crippen LogP contribution in [-0.4, -0.2) is 89.2 Å². The Kier molecular flexibility index (Phi) is 8.95. The van der Waals surface area contributed by atoms with Crippen molar-refractivity contribution in [2.75, 3.05) is 55.7 Å². The zero-order chi connectivity index (χ0) is 29.2. The molecule has 0 aliphatic carbocycles. The number of hydrogen-bond acceptors (Lipinski definition) is 8. The van der Waals surface area contributed by atoms with Gasteiger partial charge in [0.2, 0.25) is 15.9 Å². The number of halogens is 3. The Labute approximate surface area is 243 Å². The minimum Gasteiger partial charge on any atom is -0.381 e. The second kappa shape index (κ2) is 12.3. The fourth-order valence-electron chi connectivity index (χ4n) is 5.48. The number of carbonyl (C=O) groups is 2. The molecule has 1 unspecified atom stereocenters. The summed E-state index contributed by atoms with van der Waals surface area (Å²) in [5.74, 6) is -3.78. The first-order chi connectivity index (χ1) is 19.6. The van der Waals surface area contributed by atoms with E-state index in [-0.39, 0.29) is 78.8 Å². The number of nitrogens with one attached hydrogen (secondary N) is 1. The third-order valence-electron chi connectivity index (χ3n) is 7.77. The molecule has 1 amide bonds. The fourth-order valence-corrected chi connectivity index (χ4v) is 7.11. The molecule has 5 rings (SSSR count). The monoisotopic (exact) mass is 608 g/mol. The van der Waals surface area contributed by atoms with Crippen molar-refractivity contribution >= 4 is 52.6 Å². The van der Waals surface area contributed by atoms with Crippen LogP contribution in [0.4, 0.5) is 20.3 Å². The minimum absolute atomic E-state index is 0.0418. The second-order valence-electron chi connectivity index (χ2n) is 10.3. The molecular formula is C26H30BClF2N5O5S. The molecule has 219 valence electrons. The number of nitrogens with zero attached hydrogens (tertiary/aromatic N) is 4. The van der Waals surface area contributed by atoms with E-state index < -0.39 is 21.9 Å². The predicted octanol–water partition coefficient (Wildman–Crippen LogP) is 2.27. The summed E-state index contributed by atoms with van der Waals surface area (Å²) in [6.45, 7) is 1.71. The van der Waals surface area contributed by atoms with E-state index in [1.807, 2.05) is 0 Å². The number of pyridine rings is 1. The van der Waals surface area contributed by atoms with Gasteiger partial charge >= 0.3 is 0 Å². The van der Waals surface area contributed by atoms with E-state index in [0.717, 1.165) is 0 Å². The van der Waals surface area contributed by atoms with E-state index in [1.54, 1.807) is 21.9 Å². The van der Waals surface area contributed by atoms with E-state index >= 15 is 8.78 Å². The first-order valence-corrected chi connectivity index (χ1v) is 15.2. The number of ether oxygens (including phenoxy) is 1. The van der Waals surface area contributed by atoms with Gasteiger partial charge in [-0.2, -0.15) is 4.31 Å². The van der Waals surface area contributed by atoms with E-state index in [0.29, 0.717) is 31.6 Å². The van der Waals surface area contributed by atoms with Crippen molar-refractivity contribution in [1.82, 2.24) is 14.5 Å². The lowest BCUT2D eigenvalue weighted by molar-refractivity contribution is -0.117. The summed E-state index contributed by atoms with van der Waals surface area (Å²) in [7, 11) is -2.58. The Hall–Kier alpha value is -2.65. The zero-order valence-electron chi connectivity index (χ0n) is 22.2. The van der Waals surface area contributed by atoms with Crippen molar-refractivity contribution in [2.24, 2.45) is 5.92 Å². The third-order valence-corrected chi connectivity index (χ3v) is 9.88. The summed E-state index contributed by atoms with van der Waals surface area (Å²) in [6, 6.07) is 8.44. The van der Waals surface area contributed by atoms with Crippen LogP contribution >= 0.6 is 11.6 Å². The molecule has 10 nitrogen and oxygen atoms in total. The largest absolute Gasteiger partial charge is 0.381 e. The van der Waals surface area contributed by atoms with Gasteiger partial charge in [-0.1, -0.05) is 11.6 Å². The van der Waals surface area contributed by atoms with Crippen LogP contribution in [0.2, 0.25) is 5.15 Å². The Morgan fingerprint density at radius 1 is 1.10 bits per heavy atom. The van der Waals surface area contributed by atoms with Gasteiger partial charge < -0.3 is 24.6 Å². The van der Waals surface area contributed by atoms with E-state index in [9.17, 15) is 18.0 Å². The van der Waals surface area contributed by atoms with Crippen molar-refractivity contribution in [3.8, 4) is 0 Å². The average Bonchev–Trinajstić information content (AvgIpc) is 3.36. The van der Waals surface area contributed by atoms with Crippen LogP contribution in [0, 0.1) is 5.92 Å². The van der Waals surface area contributed by atoms with Gasteiger partial charge in [-0.25, -0.2) is 22.2 Å². The van der Waals surface area contributed by atoms with E-state index in [2.05, 4.69) is 10.2 Å². The second-order valence-corrected chi connectivity index (χ2v) is 12.6. The molecule has 3 saturated heterocycles. The smallest absolute Gasteiger partial charge is 0.290 e. The fraction of sp³-hybridized carbons (Fsp3) is 0.500. The van der Waals surface area contributed by atoms with Crippen LogP contribution in [0.1, 0.15) is 24.8 Å². The Morgan fingerprint density at radius 3 is 2.44 bits per heavy atom. The van der Waals surface area contributed by atoms with Crippen LogP contribution in [0.15, 0.2) is 41.3 Å². The average molecular weight is 609 g/mol. The molecule has 1 aromatic heterocycles. The van der Waals surface area contributed by atoms with Gasteiger partial charge in [0.15, 0.2) is 0 Å². The number of hydrogen-bond donors (Lipinski definition) is 1. The van der Waals surface area contributed by atoms with Crippen LogP contribution in [0.5, 0.6) is 0 Å². The lowest BCUT2D eigenvalue weighted by Crippen LogP contribution is -2.49. The molecule has 41 heavy (non-hydrogen) atoms. The zero-order valence-corrected chi connectivity index (χ0v) is 23.8. The van der Waals surface area contributed by atoms with Crippen molar-refractivity contribution in [3.63, 3.8) is 0 Å². The van der Waals surface area contributed by atoms with Gasteiger partial charge in [-0.05, 0) is 49.2 Å². The highest BCUT2D eigenvalue weighted by atomic mass is 35.5. The lowest BCUT2D eigenvalue weighted by Gasteiger charge is -2.35. The van der Waals surface area contributed by atoms with Gasteiger partial charge in [0, 0.05) is 75.6 Å². The maximum absolute atomic E-state index is 15.3. The van der Waals surface area contributed by atoms with Crippen LogP contribution in [0.3, 0.4) is 0 Å². The number of amides is 1. The normalized spacial score (nSPS) is 21.3. The van der Waals surface area contributed by atoms with Gasteiger partial charge in [0.1, 0.15) is 11.0 Å². The van der Waals surface area contributed by atoms with Crippen molar-refractivity contribution in [1.29, 1.82) is 0 Å². The van der Waals surface area contributed by atoms with Crippen LogP contribution < -0.4 is 15.0 Å². The van der Waals surface area contributed by atoms with Crippen LogP contribution in [0.25, 0.3) is 0 Å². The summed E-state index contributed by atoms with van der Waals surface area (Å²) < 4.78 is 63.9. The number of rotatable bonds is 9. The Morgan fingerprint density at radius 2 is 1.78 bits per heavy atom. The molecule has 1 atom stereocenters. The molecule has 0 saturated carbocycles. The summed E-state index contributed by atoms with van der Waals surface area (Å²) in [5, 5.41) is 2.83. The van der Waals surface area contributed by atoms with Crippen LogP contribution in [-0.2, 0) is 30.3 Å². The first kappa shape index (κ1) is 29.8. The molecule has 1 N–H and O–H groups in total. The van der Waals surface area contributed by atoms with Crippen molar-refractivity contribution in [3.05, 3.63) is 47.1 Å². The van der Waals surface area contributed by atoms with Gasteiger partial charge in [0.05, 0.1) is 11.1 Å². The third kappa shape index (κ3) is 6.41. The Bertz CT molecular complexity index is 1370. The molecule has 2 aromatic rings. The summed E-state index contributed by atoms with van der Waals surface area (Å²) in [6.07, 6.45) is 1.35. The van der Waals surface area contributed by atoms with Gasteiger partial charge in [-0.3, -0.25) is 4.79 Å². The van der Waals surface area contributed by atoms with Gasteiger partial charge in [-0.15, -0.1) is 0 Å². The number of anilines is 2. The Balaban J connectivity index is 1.23. The number of piperazine rings is 1. The number of aromatic nitrogens is 1. The lowest BCUT2D eigenvalue weighted by atomic mass is 9.88. The molecule has 3 aliphatic rings. The SMILES string of the molecule is O=C[B]NC1CC(=O)N(c2ccc(S(=O)(=O)N3CCN(c4cc(C(F)(F)C5CCOCC5)cc(Cl)n4)CC3)cc2)C1. The predicted molar refractivity (Wildman–Crippen MR) is 150 cm³/mol. The quantitative estimate of drug-likeness (QED) is 0.262. The molecule has 3 fully saturated rings. The highest BCUT2D eigenvalue weighted by molar-refractivity contribution is 7.89.